The molecule has 1 aromatic carbocycles. The fourth-order valence-electron chi connectivity index (χ4n) is 2.36. The predicted octanol–water partition coefficient (Wildman–Crippen LogP) is 5.07. The predicted molar refractivity (Wildman–Crippen MR) is 83.6 cm³/mol. The number of hydrogen-bond donors (Lipinski definition) is 1. The third-order valence-corrected chi connectivity index (χ3v) is 3.68. The van der Waals surface area contributed by atoms with Crippen LogP contribution in [0.2, 0.25) is 0 Å². The van der Waals surface area contributed by atoms with Crippen LogP contribution >= 0.6 is 17.0 Å². The first kappa shape index (κ1) is 18.2. The standard InChI is InChI=1S/C15H21NO.2ClH.Zr/c1-11-6-8-14(9-7-11)16-10-13-5-3-4-12(2)15(13)17;;;/h3-5,10-11,14,17H,6-9H2,1-2H3;2*1H;/q;;;+2/p-2. The summed E-state index contributed by atoms with van der Waals surface area (Å²) in [6.45, 7) is 4.22. The van der Waals surface area contributed by atoms with Crippen LogP contribution in [-0.2, 0) is 20.8 Å². The molecule has 0 bridgehead atoms. The van der Waals surface area contributed by atoms with Gasteiger partial charge in [0.2, 0.25) is 0 Å². The van der Waals surface area contributed by atoms with E-state index in [-0.39, 0.29) is 0 Å². The average Bonchev–Trinajstić information content (AvgIpc) is 2.43. The number of hydrogen-bond acceptors (Lipinski definition) is 2. The van der Waals surface area contributed by atoms with E-state index in [0.717, 1.165) is 17.0 Å². The summed E-state index contributed by atoms with van der Waals surface area (Å²) in [5, 5.41) is 9.88. The zero-order valence-corrected chi connectivity index (χ0v) is 15.9. The molecule has 5 heteroatoms. The van der Waals surface area contributed by atoms with Crippen molar-refractivity contribution < 1.29 is 26.0 Å². The van der Waals surface area contributed by atoms with E-state index in [1.54, 1.807) is 0 Å². The van der Waals surface area contributed by atoms with E-state index in [2.05, 4.69) is 11.9 Å². The molecule has 0 unspecified atom stereocenters. The Morgan fingerprint density at radius 3 is 2.45 bits per heavy atom. The summed E-state index contributed by atoms with van der Waals surface area (Å²) in [6.07, 6.45) is 6.76. The van der Waals surface area contributed by atoms with Crippen LogP contribution in [0.3, 0.4) is 0 Å². The topological polar surface area (TPSA) is 32.6 Å². The van der Waals surface area contributed by atoms with E-state index in [9.17, 15) is 5.11 Å². The zero-order valence-electron chi connectivity index (χ0n) is 11.9. The van der Waals surface area contributed by atoms with Crippen LogP contribution in [0.15, 0.2) is 23.2 Å². The molecule has 0 saturated heterocycles. The van der Waals surface area contributed by atoms with Crippen molar-refractivity contribution in [2.75, 3.05) is 0 Å². The Balaban J connectivity index is 0.000000612. The van der Waals surface area contributed by atoms with Gasteiger partial charge in [-0.1, -0.05) is 19.1 Å². The van der Waals surface area contributed by atoms with Gasteiger partial charge in [-0.05, 0) is 50.2 Å². The Morgan fingerprint density at radius 1 is 1.25 bits per heavy atom. The number of phenolic OH excluding ortho intramolecular Hbond substituents is 1. The molecule has 0 aromatic heterocycles. The summed E-state index contributed by atoms with van der Waals surface area (Å²) >= 11 is -0.826. The molecule has 1 aliphatic rings. The molecule has 20 heavy (non-hydrogen) atoms. The molecule has 1 fully saturated rings. The van der Waals surface area contributed by atoms with Crippen LogP contribution in [0.5, 0.6) is 5.75 Å². The molecule has 1 aromatic rings. The maximum atomic E-state index is 9.88. The van der Waals surface area contributed by atoms with E-state index >= 15 is 0 Å². The van der Waals surface area contributed by atoms with Gasteiger partial charge in [-0.25, -0.2) is 0 Å². The third kappa shape index (κ3) is 6.28. The Hall–Kier alpha value is 0.153. The summed E-state index contributed by atoms with van der Waals surface area (Å²) in [5.41, 5.74) is 1.75. The number of nitrogens with zero attached hydrogens (tertiary/aromatic N) is 1. The molecule has 0 atom stereocenters. The van der Waals surface area contributed by atoms with Crippen LogP contribution in [0, 0.1) is 12.8 Å². The minimum absolute atomic E-state index is 0.362. The van der Waals surface area contributed by atoms with Gasteiger partial charge in [0.1, 0.15) is 5.75 Å². The molecular weight excluding hydrogens is 372 g/mol. The molecule has 0 amide bonds. The maximum absolute atomic E-state index is 9.88. The van der Waals surface area contributed by atoms with Gasteiger partial charge in [0.05, 0.1) is 0 Å². The molecule has 1 N–H and O–H groups in total. The molecule has 0 heterocycles. The molecule has 0 spiro atoms. The van der Waals surface area contributed by atoms with E-state index in [1.807, 2.05) is 31.3 Å². The van der Waals surface area contributed by atoms with Crippen molar-refractivity contribution in [2.45, 2.75) is 45.6 Å². The number of para-hydroxylation sites is 1. The SMILES string of the molecule is Cc1cccc(C=NC2CCC(C)CC2)c1O.[Cl][Zr][Cl]. The van der Waals surface area contributed by atoms with Gasteiger partial charge in [-0.15, -0.1) is 0 Å². The number of phenols is 1. The summed E-state index contributed by atoms with van der Waals surface area (Å²) < 4.78 is 0. The minimum atomic E-state index is -0.826. The van der Waals surface area contributed by atoms with Gasteiger partial charge in [0.25, 0.3) is 0 Å². The number of rotatable bonds is 2. The van der Waals surface area contributed by atoms with Crippen molar-refractivity contribution in [3.8, 4) is 5.75 Å². The second-order valence-electron chi connectivity index (χ2n) is 5.28. The Bertz CT molecular complexity index is 432. The second-order valence-corrected chi connectivity index (χ2v) is 9.01. The van der Waals surface area contributed by atoms with Gasteiger partial charge in [-0.2, -0.15) is 0 Å². The van der Waals surface area contributed by atoms with Gasteiger partial charge >= 0.3 is 37.9 Å². The Labute approximate surface area is 140 Å². The average molecular weight is 393 g/mol. The van der Waals surface area contributed by atoms with Crippen LogP contribution in [0.1, 0.15) is 43.7 Å². The monoisotopic (exact) mass is 391 g/mol. The second kappa shape index (κ2) is 9.98. The number of aliphatic imine (C=N–C) groups is 1. The normalized spacial score (nSPS) is 22.2. The summed E-state index contributed by atoms with van der Waals surface area (Å²) in [5.74, 6) is 1.22. The third-order valence-electron chi connectivity index (χ3n) is 3.68. The Kier molecular flexibility index (Phi) is 9.08. The molecule has 110 valence electrons. The molecule has 2 nitrogen and oxygen atoms in total. The van der Waals surface area contributed by atoms with Gasteiger partial charge in [-0.3, -0.25) is 4.99 Å². The molecule has 1 saturated carbocycles. The Morgan fingerprint density at radius 2 is 1.85 bits per heavy atom. The number of benzene rings is 1. The first-order valence-electron chi connectivity index (χ1n) is 6.86. The van der Waals surface area contributed by atoms with Crippen molar-refractivity contribution in [3.63, 3.8) is 0 Å². The van der Waals surface area contributed by atoms with E-state index in [1.165, 1.54) is 25.7 Å². The summed E-state index contributed by atoms with van der Waals surface area (Å²) in [6, 6.07) is 6.23. The van der Waals surface area contributed by atoms with Gasteiger partial charge in [0.15, 0.2) is 0 Å². The van der Waals surface area contributed by atoms with Crippen molar-refractivity contribution in [2.24, 2.45) is 10.9 Å². The van der Waals surface area contributed by atoms with Gasteiger partial charge in [0, 0.05) is 17.8 Å². The molecular formula is C15H21Cl2NOZr. The first-order valence-corrected chi connectivity index (χ1v) is 13.2. The van der Waals surface area contributed by atoms with Crippen molar-refractivity contribution in [1.82, 2.24) is 0 Å². The molecule has 2 rings (SSSR count). The van der Waals surface area contributed by atoms with E-state index < -0.39 is 20.8 Å². The quantitative estimate of drug-likeness (QED) is 0.699. The van der Waals surface area contributed by atoms with E-state index in [0.29, 0.717) is 11.8 Å². The number of halogens is 2. The molecule has 0 aliphatic heterocycles. The van der Waals surface area contributed by atoms with Gasteiger partial charge < -0.3 is 5.11 Å². The van der Waals surface area contributed by atoms with E-state index in [4.69, 9.17) is 17.0 Å². The number of aryl methyl sites for hydroxylation is 1. The van der Waals surface area contributed by atoms with Crippen molar-refractivity contribution >= 4 is 23.2 Å². The van der Waals surface area contributed by atoms with Crippen LogP contribution in [0.25, 0.3) is 0 Å². The molecule has 1 aliphatic carbocycles. The van der Waals surface area contributed by atoms with Crippen LogP contribution in [0.4, 0.5) is 0 Å². The van der Waals surface area contributed by atoms with Crippen LogP contribution < -0.4 is 0 Å². The first-order chi connectivity index (χ1) is 9.58. The molecule has 0 radical (unpaired) electrons. The number of aromatic hydroxyl groups is 1. The van der Waals surface area contributed by atoms with Crippen molar-refractivity contribution in [3.05, 3.63) is 29.3 Å². The van der Waals surface area contributed by atoms with Crippen molar-refractivity contribution in [1.29, 1.82) is 0 Å². The zero-order chi connectivity index (χ0) is 15.0. The summed E-state index contributed by atoms with van der Waals surface area (Å²) in [7, 11) is 9.87. The fraction of sp³-hybridized carbons (Fsp3) is 0.533. The fourth-order valence-corrected chi connectivity index (χ4v) is 2.36. The summed E-state index contributed by atoms with van der Waals surface area (Å²) in [4.78, 5) is 4.60. The van der Waals surface area contributed by atoms with Crippen LogP contribution in [-0.4, -0.2) is 17.4 Å².